The van der Waals surface area contributed by atoms with Gasteiger partial charge in [-0.2, -0.15) is 0 Å². The van der Waals surface area contributed by atoms with E-state index in [1.54, 1.807) is 0 Å². The third kappa shape index (κ3) is 2.94. The first-order valence-corrected chi connectivity index (χ1v) is 6.88. The minimum atomic E-state index is 0.616. The Kier molecular flexibility index (Phi) is 4.45. The van der Waals surface area contributed by atoms with E-state index in [2.05, 4.69) is 5.43 Å². The number of hydrazine groups is 1. The van der Waals surface area contributed by atoms with E-state index in [-0.39, 0.29) is 0 Å². The quantitative estimate of drug-likeness (QED) is 0.555. The third-order valence-electron chi connectivity index (χ3n) is 4.51. The molecule has 0 aromatic rings. The highest BCUT2D eigenvalue weighted by atomic mass is 15.2. The van der Waals surface area contributed by atoms with Crippen LogP contribution in [0.25, 0.3) is 0 Å². The van der Waals surface area contributed by atoms with E-state index < -0.39 is 0 Å². The molecule has 0 aromatic heterocycles. The summed E-state index contributed by atoms with van der Waals surface area (Å²) in [7, 11) is 0. The molecule has 2 heteroatoms. The van der Waals surface area contributed by atoms with Gasteiger partial charge in [0.25, 0.3) is 0 Å². The smallest absolute Gasteiger partial charge is 0.0266 e. The maximum absolute atomic E-state index is 5.78. The van der Waals surface area contributed by atoms with Gasteiger partial charge in [-0.3, -0.25) is 11.3 Å². The van der Waals surface area contributed by atoms with E-state index in [9.17, 15) is 0 Å². The molecule has 0 unspecified atom stereocenters. The summed E-state index contributed by atoms with van der Waals surface area (Å²) in [6, 6.07) is 0.616. The zero-order valence-electron chi connectivity index (χ0n) is 9.88. The summed E-state index contributed by atoms with van der Waals surface area (Å²) in [5.74, 6) is 7.52. The number of nitrogens with two attached hydrogens (primary N) is 1. The lowest BCUT2D eigenvalue weighted by Crippen LogP contribution is -2.47. The van der Waals surface area contributed by atoms with E-state index in [4.69, 9.17) is 5.84 Å². The molecule has 0 atom stereocenters. The van der Waals surface area contributed by atoms with E-state index in [1.807, 2.05) is 0 Å². The summed E-state index contributed by atoms with van der Waals surface area (Å²) in [5, 5.41) is 0. The van der Waals surface area contributed by atoms with Crippen LogP contribution in [-0.2, 0) is 0 Å². The van der Waals surface area contributed by atoms with Gasteiger partial charge in [-0.25, -0.2) is 0 Å². The molecular weight excluding hydrogens is 184 g/mol. The Morgan fingerprint density at radius 1 is 0.733 bits per heavy atom. The number of hydrogen-bond donors (Lipinski definition) is 2. The molecule has 2 aliphatic rings. The zero-order valence-corrected chi connectivity index (χ0v) is 9.88. The van der Waals surface area contributed by atoms with Gasteiger partial charge >= 0.3 is 0 Å². The van der Waals surface area contributed by atoms with Crippen LogP contribution < -0.4 is 11.3 Å². The van der Waals surface area contributed by atoms with Crippen LogP contribution in [-0.4, -0.2) is 6.04 Å². The summed E-state index contributed by atoms with van der Waals surface area (Å²) in [4.78, 5) is 0. The average Bonchev–Trinajstić information content (AvgIpc) is 2.33. The molecule has 2 rings (SSSR count). The van der Waals surface area contributed by atoms with Crippen molar-refractivity contribution in [1.82, 2.24) is 5.43 Å². The summed E-state index contributed by atoms with van der Waals surface area (Å²) < 4.78 is 0. The molecule has 15 heavy (non-hydrogen) atoms. The first-order valence-electron chi connectivity index (χ1n) is 6.88. The van der Waals surface area contributed by atoms with Gasteiger partial charge in [-0.1, -0.05) is 38.5 Å². The van der Waals surface area contributed by atoms with Crippen molar-refractivity contribution in [2.45, 2.75) is 70.3 Å². The summed E-state index contributed by atoms with van der Waals surface area (Å²) in [6.45, 7) is 0. The molecule has 2 aliphatic carbocycles. The Labute approximate surface area is 94.0 Å². The van der Waals surface area contributed by atoms with Gasteiger partial charge in [-0.15, -0.1) is 0 Å². The fourth-order valence-corrected chi connectivity index (χ4v) is 3.64. The van der Waals surface area contributed by atoms with Crippen molar-refractivity contribution in [3.05, 3.63) is 0 Å². The van der Waals surface area contributed by atoms with Crippen molar-refractivity contribution in [2.75, 3.05) is 0 Å². The summed E-state index contributed by atoms with van der Waals surface area (Å²) >= 11 is 0. The van der Waals surface area contributed by atoms with Crippen LogP contribution in [0.5, 0.6) is 0 Å². The highest BCUT2D eigenvalue weighted by molar-refractivity contribution is 4.85. The number of hydrogen-bond acceptors (Lipinski definition) is 2. The van der Waals surface area contributed by atoms with Gasteiger partial charge in [0.2, 0.25) is 0 Å². The Bertz CT molecular complexity index is 151. The van der Waals surface area contributed by atoms with Crippen molar-refractivity contribution < 1.29 is 0 Å². The molecule has 0 heterocycles. The Morgan fingerprint density at radius 2 is 1.13 bits per heavy atom. The van der Waals surface area contributed by atoms with Crippen LogP contribution in [0.15, 0.2) is 0 Å². The number of rotatable bonds is 3. The predicted molar refractivity (Wildman–Crippen MR) is 64.3 cm³/mol. The van der Waals surface area contributed by atoms with E-state index >= 15 is 0 Å². The minimum Gasteiger partial charge on any atom is -0.271 e. The van der Waals surface area contributed by atoms with Crippen molar-refractivity contribution in [1.29, 1.82) is 0 Å². The molecule has 0 spiro atoms. The van der Waals surface area contributed by atoms with Crippen LogP contribution >= 0.6 is 0 Å². The molecular formula is C13H26N2. The standard InChI is InChI=1S/C13H26N2/c14-15-13(11-7-3-1-4-8-11)12-9-5-2-6-10-12/h11-13,15H,1-10,14H2. The van der Waals surface area contributed by atoms with Crippen LogP contribution in [0.2, 0.25) is 0 Å². The van der Waals surface area contributed by atoms with Crippen molar-refractivity contribution in [3.8, 4) is 0 Å². The molecule has 0 bridgehead atoms. The molecule has 2 fully saturated rings. The zero-order chi connectivity index (χ0) is 10.5. The van der Waals surface area contributed by atoms with Crippen LogP contribution in [0.1, 0.15) is 64.2 Å². The molecule has 2 saturated carbocycles. The molecule has 88 valence electrons. The van der Waals surface area contributed by atoms with Gasteiger partial charge in [-0.05, 0) is 37.5 Å². The van der Waals surface area contributed by atoms with Crippen molar-refractivity contribution >= 4 is 0 Å². The van der Waals surface area contributed by atoms with Gasteiger partial charge in [0.05, 0.1) is 0 Å². The molecule has 0 radical (unpaired) electrons. The fourth-order valence-electron chi connectivity index (χ4n) is 3.64. The SMILES string of the molecule is NNC(C1CCCCC1)C1CCCCC1. The molecule has 0 aliphatic heterocycles. The lowest BCUT2D eigenvalue weighted by atomic mass is 9.74. The lowest BCUT2D eigenvalue weighted by molar-refractivity contribution is 0.173. The Balaban J connectivity index is 1.88. The van der Waals surface area contributed by atoms with Crippen LogP contribution in [0.3, 0.4) is 0 Å². The second-order valence-electron chi connectivity index (χ2n) is 5.49. The van der Waals surface area contributed by atoms with Crippen molar-refractivity contribution in [2.24, 2.45) is 17.7 Å². The lowest BCUT2D eigenvalue weighted by Gasteiger charge is -2.37. The average molecular weight is 210 g/mol. The minimum absolute atomic E-state index is 0.616. The highest BCUT2D eigenvalue weighted by Crippen LogP contribution is 2.35. The van der Waals surface area contributed by atoms with E-state index in [0.717, 1.165) is 11.8 Å². The summed E-state index contributed by atoms with van der Waals surface area (Å²) in [5.41, 5.74) is 3.14. The van der Waals surface area contributed by atoms with Gasteiger partial charge in [0.1, 0.15) is 0 Å². The maximum Gasteiger partial charge on any atom is 0.0266 e. The van der Waals surface area contributed by atoms with Gasteiger partial charge in [0.15, 0.2) is 0 Å². The molecule has 0 aromatic carbocycles. The topological polar surface area (TPSA) is 38.0 Å². The second-order valence-corrected chi connectivity index (χ2v) is 5.49. The van der Waals surface area contributed by atoms with Crippen molar-refractivity contribution in [3.63, 3.8) is 0 Å². The van der Waals surface area contributed by atoms with Gasteiger partial charge in [0, 0.05) is 6.04 Å². The summed E-state index contributed by atoms with van der Waals surface area (Å²) in [6.07, 6.45) is 14.2. The normalized spacial score (nSPS) is 26.0. The Morgan fingerprint density at radius 3 is 1.47 bits per heavy atom. The van der Waals surface area contributed by atoms with Crippen LogP contribution in [0, 0.1) is 11.8 Å². The second kappa shape index (κ2) is 5.86. The maximum atomic E-state index is 5.78. The fraction of sp³-hybridized carbons (Fsp3) is 1.00. The largest absolute Gasteiger partial charge is 0.271 e. The van der Waals surface area contributed by atoms with Crippen LogP contribution in [0.4, 0.5) is 0 Å². The van der Waals surface area contributed by atoms with E-state index in [1.165, 1.54) is 64.2 Å². The third-order valence-corrected chi connectivity index (χ3v) is 4.51. The molecule has 3 N–H and O–H groups in total. The molecule has 0 amide bonds. The number of nitrogens with one attached hydrogen (secondary N) is 1. The molecule has 2 nitrogen and oxygen atoms in total. The monoisotopic (exact) mass is 210 g/mol. The highest BCUT2D eigenvalue weighted by Gasteiger charge is 2.30. The molecule has 0 saturated heterocycles. The predicted octanol–water partition coefficient (Wildman–Crippen LogP) is 2.98. The first kappa shape index (κ1) is 11.4. The van der Waals surface area contributed by atoms with Gasteiger partial charge < -0.3 is 0 Å². The Hall–Kier alpha value is -0.0800. The first-order chi connectivity index (χ1) is 7.42. The van der Waals surface area contributed by atoms with E-state index in [0.29, 0.717) is 6.04 Å².